The monoisotopic (exact) mass is 480 g/mol. The minimum absolute atomic E-state index is 0.376. The summed E-state index contributed by atoms with van der Waals surface area (Å²) in [6.45, 7) is 7.89. The van der Waals surface area contributed by atoms with Crippen molar-refractivity contribution in [3.63, 3.8) is 0 Å². The molecule has 0 aliphatic carbocycles. The molecule has 176 valence electrons. The Labute approximate surface area is 195 Å². The highest BCUT2D eigenvalue weighted by Gasteiger charge is 1.93. The van der Waals surface area contributed by atoms with E-state index < -0.39 is 6.72 Å². The van der Waals surface area contributed by atoms with Gasteiger partial charge in [0.05, 0.1) is 0 Å². The highest BCUT2D eigenvalue weighted by molar-refractivity contribution is 8.06. The lowest BCUT2D eigenvalue weighted by Gasteiger charge is -1.97. The molecule has 0 fully saturated rings. The second-order valence-electron chi connectivity index (χ2n) is 7.38. The smallest absolute Gasteiger partial charge is 0.319 e. The molecule has 0 bridgehead atoms. The molecule has 0 amide bonds. The summed E-state index contributed by atoms with van der Waals surface area (Å²) >= 11 is 3.60. The molecular weight excluding hydrogens is 447 g/mol. The third-order valence-electron chi connectivity index (χ3n) is 4.06. The maximum Gasteiger partial charge on any atom is 0.319 e. The molecular formula is C24H33O6PS. The zero-order valence-electron chi connectivity index (χ0n) is 19.2. The molecule has 0 aliphatic rings. The van der Waals surface area contributed by atoms with E-state index in [1.54, 1.807) is 18.2 Å². The van der Waals surface area contributed by atoms with Crippen LogP contribution in [0.25, 0.3) is 0 Å². The van der Waals surface area contributed by atoms with Crippen LogP contribution in [0.15, 0.2) is 54.6 Å². The van der Waals surface area contributed by atoms with Crippen LogP contribution >= 0.6 is 6.72 Å². The first-order valence-electron chi connectivity index (χ1n) is 9.67. The molecule has 3 rings (SSSR count). The molecule has 0 saturated heterocycles. The molecule has 0 heterocycles. The van der Waals surface area contributed by atoms with Gasteiger partial charge in [-0.1, -0.05) is 53.1 Å². The quantitative estimate of drug-likeness (QED) is 0.244. The maximum absolute atomic E-state index is 9.04. The normalized spacial score (nSPS) is 9.91. The van der Waals surface area contributed by atoms with Gasteiger partial charge in [-0.3, -0.25) is 0 Å². The molecule has 6 N–H and O–H groups in total. The van der Waals surface area contributed by atoms with Crippen LogP contribution in [0.2, 0.25) is 0 Å². The van der Waals surface area contributed by atoms with E-state index in [9.17, 15) is 0 Å². The zero-order valence-corrected chi connectivity index (χ0v) is 20.9. The van der Waals surface area contributed by atoms with Gasteiger partial charge in [0, 0.05) is 0 Å². The van der Waals surface area contributed by atoms with Crippen molar-refractivity contribution in [1.82, 2.24) is 0 Å². The molecule has 3 aromatic rings. The number of benzene rings is 3. The maximum atomic E-state index is 9.04. The van der Waals surface area contributed by atoms with Gasteiger partial charge in [0.15, 0.2) is 0 Å². The van der Waals surface area contributed by atoms with Crippen LogP contribution in [0.1, 0.15) is 33.4 Å². The number of phenols is 3. The Balaban J connectivity index is 0.000000410. The predicted octanol–water partition coefficient (Wildman–Crippen LogP) is 5.21. The number of phenolic OH excluding ortho intramolecular Hbond substituents is 3. The fourth-order valence-corrected chi connectivity index (χ4v) is 2.42. The van der Waals surface area contributed by atoms with E-state index in [1.807, 2.05) is 77.9 Å². The number of aromatic hydroxyl groups is 3. The van der Waals surface area contributed by atoms with Crippen molar-refractivity contribution < 1.29 is 30.0 Å². The molecule has 6 nitrogen and oxygen atoms in total. The summed E-state index contributed by atoms with van der Waals surface area (Å²) in [7, 11) is 0. The van der Waals surface area contributed by atoms with Crippen LogP contribution in [0.3, 0.4) is 0 Å². The molecule has 0 radical (unpaired) electrons. The van der Waals surface area contributed by atoms with Crippen molar-refractivity contribution in [2.75, 3.05) is 0 Å². The summed E-state index contributed by atoms with van der Waals surface area (Å²) in [4.78, 5) is 22.7. The Morgan fingerprint density at radius 3 is 0.812 bits per heavy atom. The zero-order chi connectivity index (χ0) is 25.1. The van der Waals surface area contributed by atoms with Gasteiger partial charge in [-0.05, 0) is 88.2 Å². The van der Waals surface area contributed by atoms with Crippen LogP contribution in [0.4, 0.5) is 0 Å². The van der Waals surface area contributed by atoms with Gasteiger partial charge in [0.1, 0.15) is 17.2 Å². The van der Waals surface area contributed by atoms with E-state index in [-0.39, 0.29) is 0 Å². The average molecular weight is 481 g/mol. The summed E-state index contributed by atoms with van der Waals surface area (Å²) in [5, 5.41) is 27.1. The average Bonchev–Trinajstić information content (AvgIpc) is 2.65. The topological polar surface area (TPSA) is 121 Å². The van der Waals surface area contributed by atoms with E-state index in [2.05, 4.69) is 11.8 Å². The Bertz CT molecular complexity index is 921. The molecule has 0 saturated carbocycles. The SMILES string of the molecule is Cc1ccc(O)c(C)c1.Cc1ccc(O)c(C)c1.Cc1ccc(O)c(C)c1.OP(O)(O)=S. The first kappa shape index (κ1) is 29.6. The fraction of sp³-hybridized carbons (Fsp3) is 0.250. The van der Waals surface area contributed by atoms with Crippen molar-refractivity contribution in [2.24, 2.45) is 0 Å². The van der Waals surface area contributed by atoms with Crippen molar-refractivity contribution in [2.45, 2.75) is 41.5 Å². The summed E-state index contributed by atoms with van der Waals surface area (Å²) < 4.78 is 0. The van der Waals surface area contributed by atoms with Gasteiger partial charge in [-0.2, -0.15) is 0 Å². The van der Waals surface area contributed by atoms with Crippen LogP contribution in [-0.2, 0) is 11.8 Å². The first-order chi connectivity index (χ1) is 14.6. The third-order valence-corrected chi connectivity index (χ3v) is 4.06. The Hall–Kier alpha value is -2.41. The first-order valence-corrected chi connectivity index (χ1v) is 12.3. The predicted molar refractivity (Wildman–Crippen MR) is 134 cm³/mol. The lowest BCUT2D eigenvalue weighted by atomic mass is 10.1. The number of hydrogen-bond donors (Lipinski definition) is 6. The lowest BCUT2D eigenvalue weighted by Crippen LogP contribution is -1.75. The molecule has 0 aromatic heterocycles. The molecule has 0 atom stereocenters. The molecule has 32 heavy (non-hydrogen) atoms. The highest BCUT2D eigenvalue weighted by Crippen LogP contribution is 2.26. The second kappa shape index (κ2) is 13.9. The van der Waals surface area contributed by atoms with Gasteiger partial charge < -0.3 is 30.0 Å². The molecule has 0 unspecified atom stereocenters. The number of aryl methyl sites for hydroxylation is 6. The minimum Gasteiger partial charge on any atom is -0.508 e. The van der Waals surface area contributed by atoms with Crippen LogP contribution in [-0.4, -0.2) is 30.0 Å². The standard InChI is InChI=1S/3C8H10O.H3O3PS/c3*1-6-3-4-8(9)7(2)5-6;1-4(2,3)5/h3*3-5,9H,1-2H3;(H3,1,2,3,5). The van der Waals surface area contributed by atoms with Crippen molar-refractivity contribution in [1.29, 1.82) is 0 Å². The summed E-state index contributed by atoms with van der Waals surface area (Å²) in [5.41, 5.74) is 6.38. The molecule has 8 heteroatoms. The summed E-state index contributed by atoms with van der Waals surface area (Å²) in [5.74, 6) is 1.13. The van der Waals surface area contributed by atoms with E-state index in [0.717, 1.165) is 16.7 Å². The van der Waals surface area contributed by atoms with Crippen LogP contribution in [0.5, 0.6) is 17.2 Å². The van der Waals surface area contributed by atoms with Gasteiger partial charge in [0.2, 0.25) is 0 Å². The Morgan fingerprint density at radius 1 is 0.500 bits per heavy atom. The van der Waals surface area contributed by atoms with Gasteiger partial charge in [-0.25, -0.2) is 0 Å². The van der Waals surface area contributed by atoms with E-state index in [0.29, 0.717) is 17.2 Å². The Kier molecular flexibility index (Phi) is 12.8. The van der Waals surface area contributed by atoms with E-state index in [1.165, 1.54) is 16.7 Å². The number of hydrogen-bond acceptors (Lipinski definition) is 4. The van der Waals surface area contributed by atoms with Crippen LogP contribution in [0, 0.1) is 41.5 Å². The lowest BCUT2D eigenvalue weighted by molar-refractivity contribution is 0.363. The van der Waals surface area contributed by atoms with Gasteiger partial charge in [-0.15, -0.1) is 0 Å². The van der Waals surface area contributed by atoms with Crippen molar-refractivity contribution in [3.8, 4) is 17.2 Å². The highest BCUT2D eigenvalue weighted by atomic mass is 32.5. The van der Waals surface area contributed by atoms with Gasteiger partial charge in [0.25, 0.3) is 0 Å². The van der Waals surface area contributed by atoms with E-state index >= 15 is 0 Å². The van der Waals surface area contributed by atoms with E-state index in [4.69, 9.17) is 30.0 Å². The molecule has 0 spiro atoms. The van der Waals surface area contributed by atoms with Gasteiger partial charge >= 0.3 is 6.72 Å². The largest absolute Gasteiger partial charge is 0.508 e. The van der Waals surface area contributed by atoms with Crippen LogP contribution < -0.4 is 0 Å². The molecule has 0 aliphatic heterocycles. The second-order valence-corrected chi connectivity index (χ2v) is 9.88. The molecule has 3 aromatic carbocycles. The van der Waals surface area contributed by atoms with Crippen molar-refractivity contribution in [3.05, 3.63) is 88.0 Å². The summed E-state index contributed by atoms with van der Waals surface area (Å²) in [6, 6.07) is 16.7. The Morgan fingerprint density at radius 2 is 0.688 bits per heavy atom. The number of rotatable bonds is 0. The fourth-order valence-electron chi connectivity index (χ4n) is 2.42. The third kappa shape index (κ3) is 14.6. The van der Waals surface area contributed by atoms with Crippen molar-refractivity contribution >= 4 is 18.5 Å². The summed E-state index contributed by atoms with van der Waals surface area (Å²) in [6.07, 6.45) is 0. The minimum atomic E-state index is -3.81.